The molecule has 7 heteroatoms. The zero-order valence-electron chi connectivity index (χ0n) is 12.3. The fraction of sp³-hybridized carbons (Fsp3) is 0.0625. The molecule has 0 bridgehead atoms. The van der Waals surface area contributed by atoms with E-state index in [0.717, 1.165) is 0 Å². The highest BCUT2D eigenvalue weighted by Gasteiger charge is 2.10. The number of esters is 1. The predicted octanol–water partition coefficient (Wildman–Crippen LogP) is 2.16. The second kappa shape index (κ2) is 7.08. The number of anilines is 2. The lowest BCUT2D eigenvalue weighted by molar-refractivity contribution is -0.131. The Labute approximate surface area is 132 Å². The topological polar surface area (TPSA) is 111 Å². The Morgan fingerprint density at radius 1 is 1.04 bits per heavy atom. The highest BCUT2D eigenvalue weighted by atomic mass is 16.5. The smallest absolute Gasteiger partial charge is 0.326 e. The van der Waals surface area contributed by atoms with E-state index in [4.69, 9.17) is 10.5 Å². The molecule has 2 aromatic carbocycles. The van der Waals surface area contributed by atoms with Gasteiger partial charge in [0.2, 0.25) is 0 Å². The molecule has 0 aliphatic rings. The molecule has 0 aromatic heterocycles. The summed E-state index contributed by atoms with van der Waals surface area (Å²) in [5.41, 5.74) is 6.74. The quantitative estimate of drug-likeness (QED) is 0.457. The van der Waals surface area contributed by atoms with E-state index >= 15 is 0 Å². The third-order valence-electron chi connectivity index (χ3n) is 2.75. The number of nitrogens with two attached hydrogens (primary N) is 1. The van der Waals surface area contributed by atoms with Crippen molar-refractivity contribution in [2.24, 2.45) is 0 Å². The molecule has 3 amide bonds. The van der Waals surface area contributed by atoms with Crippen LogP contribution >= 0.6 is 0 Å². The molecular weight excluding hydrogens is 298 g/mol. The first-order valence-electron chi connectivity index (χ1n) is 6.70. The van der Waals surface area contributed by atoms with Crippen molar-refractivity contribution >= 4 is 29.3 Å². The van der Waals surface area contributed by atoms with Crippen LogP contribution in [0, 0.1) is 0 Å². The lowest BCUT2D eigenvalue weighted by Crippen LogP contribution is -2.34. The minimum atomic E-state index is -0.702. The molecule has 0 heterocycles. The summed E-state index contributed by atoms with van der Waals surface area (Å²) in [6, 6.07) is 11.7. The number of nitrogens with one attached hydrogen (secondary N) is 2. The minimum absolute atomic E-state index is 0.292. The number of urea groups is 1. The van der Waals surface area contributed by atoms with Crippen LogP contribution in [0.25, 0.3) is 0 Å². The van der Waals surface area contributed by atoms with Crippen LogP contribution in [-0.2, 0) is 4.79 Å². The molecule has 0 fully saturated rings. The molecule has 0 saturated carbocycles. The van der Waals surface area contributed by atoms with Gasteiger partial charge in [-0.25, -0.2) is 4.79 Å². The highest BCUT2D eigenvalue weighted by molar-refractivity contribution is 6.08. The van der Waals surface area contributed by atoms with Gasteiger partial charge >= 0.3 is 12.0 Å². The Balaban J connectivity index is 1.98. The van der Waals surface area contributed by atoms with Crippen molar-refractivity contribution in [2.45, 2.75) is 6.92 Å². The van der Waals surface area contributed by atoms with Crippen molar-refractivity contribution in [1.82, 2.24) is 5.32 Å². The number of rotatable bonds is 3. The van der Waals surface area contributed by atoms with E-state index < -0.39 is 17.9 Å². The predicted molar refractivity (Wildman–Crippen MR) is 85.1 cm³/mol. The van der Waals surface area contributed by atoms with Gasteiger partial charge < -0.3 is 15.8 Å². The van der Waals surface area contributed by atoms with Crippen LogP contribution in [0.5, 0.6) is 5.75 Å². The first-order chi connectivity index (χ1) is 10.9. The largest absolute Gasteiger partial charge is 0.427 e. The van der Waals surface area contributed by atoms with Crippen molar-refractivity contribution in [1.29, 1.82) is 0 Å². The van der Waals surface area contributed by atoms with Gasteiger partial charge in [0, 0.05) is 29.9 Å². The zero-order valence-corrected chi connectivity index (χ0v) is 12.3. The number of amides is 3. The molecule has 0 spiro atoms. The number of carbonyl (C=O) groups excluding carboxylic acids is 3. The minimum Gasteiger partial charge on any atom is -0.427 e. The number of carbonyl (C=O) groups is 3. The van der Waals surface area contributed by atoms with Crippen LogP contribution in [0.3, 0.4) is 0 Å². The zero-order chi connectivity index (χ0) is 16.8. The maximum Gasteiger partial charge on any atom is 0.326 e. The number of benzene rings is 2. The number of hydrogen-bond acceptors (Lipinski definition) is 5. The van der Waals surface area contributed by atoms with Gasteiger partial charge in [0.1, 0.15) is 5.75 Å². The second-order valence-electron chi connectivity index (χ2n) is 4.65. The van der Waals surface area contributed by atoms with Crippen LogP contribution in [0.15, 0.2) is 48.5 Å². The van der Waals surface area contributed by atoms with Crippen molar-refractivity contribution in [3.05, 3.63) is 54.1 Å². The Morgan fingerprint density at radius 2 is 1.74 bits per heavy atom. The van der Waals surface area contributed by atoms with Crippen LogP contribution in [0.1, 0.15) is 17.3 Å². The molecule has 2 aromatic rings. The monoisotopic (exact) mass is 313 g/mol. The summed E-state index contributed by atoms with van der Waals surface area (Å²) in [4.78, 5) is 34.6. The summed E-state index contributed by atoms with van der Waals surface area (Å²) in [5, 5.41) is 4.67. The molecule has 0 unspecified atom stereocenters. The van der Waals surface area contributed by atoms with Gasteiger partial charge in [0.05, 0.1) is 0 Å². The molecule has 0 radical (unpaired) electrons. The maximum absolute atomic E-state index is 11.9. The van der Waals surface area contributed by atoms with Crippen LogP contribution < -0.4 is 21.1 Å². The second-order valence-corrected chi connectivity index (χ2v) is 4.65. The summed E-state index contributed by atoms with van der Waals surface area (Å²) in [7, 11) is 0. The van der Waals surface area contributed by atoms with Crippen LogP contribution in [0.4, 0.5) is 16.2 Å². The van der Waals surface area contributed by atoms with E-state index in [1.807, 2.05) is 0 Å². The normalized spacial score (nSPS) is 9.78. The third kappa shape index (κ3) is 4.85. The van der Waals surface area contributed by atoms with E-state index in [1.165, 1.54) is 25.1 Å². The Bertz CT molecular complexity index is 741. The average Bonchev–Trinajstić information content (AvgIpc) is 2.47. The number of ether oxygens (including phenoxy) is 1. The summed E-state index contributed by atoms with van der Waals surface area (Å²) in [5.74, 6) is -0.732. The van der Waals surface area contributed by atoms with Gasteiger partial charge in [0.15, 0.2) is 0 Å². The summed E-state index contributed by atoms with van der Waals surface area (Å²) < 4.78 is 4.91. The van der Waals surface area contributed by atoms with Gasteiger partial charge in [-0.05, 0) is 36.4 Å². The molecule has 23 heavy (non-hydrogen) atoms. The molecule has 4 N–H and O–H groups in total. The average molecular weight is 313 g/mol. The van der Waals surface area contributed by atoms with E-state index in [0.29, 0.717) is 22.7 Å². The molecule has 0 atom stereocenters. The molecule has 118 valence electrons. The van der Waals surface area contributed by atoms with Gasteiger partial charge in [0.25, 0.3) is 5.91 Å². The highest BCUT2D eigenvalue weighted by Crippen LogP contribution is 2.17. The van der Waals surface area contributed by atoms with E-state index in [2.05, 4.69) is 10.6 Å². The van der Waals surface area contributed by atoms with Crippen molar-refractivity contribution in [3.8, 4) is 5.75 Å². The first-order valence-corrected chi connectivity index (χ1v) is 6.70. The molecule has 7 nitrogen and oxygen atoms in total. The van der Waals surface area contributed by atoms with Gasteiger partial charge in [-0.3, -0.25) is 14.9 Å². The standard InChI is InChI=1S/C16H15N3O4/c1-10(20)23-14-4-2-3-13(9-14)18-16(22)19-15(21)11-5-7-12(17)8-6-11/h2-9H,17H2,1H3,(H2,18,19,21,22). The number of imide groups is 1. The first kappa shape index (κ1) is 16.0. The summed E-state index contributed by atoms with van der Waals surface area (Å²) in [6.45, 7) is 1.28. The Morgan fingerprint density at radius 3 is 2.39 bits per heavy atom. The van der Waals surface area contributed by atoms with E-state index in [9.17, 15) is 14.4 Å². The SMILES string of the molecule is CC(=O)Oc1cccc(NC(=O)NC(=O)c2ccc(N)cc2)c1. The Hall–Kier alpha value is -3.35. The van der Waals surface area contributed by atoms with Gasteiger partial charge in [-0.15, -0.1) is 0 Å². The van der Waals surface area contributed by atoms with Gasteiger partial charge in [-0.1, -0.05) is 6.07 Å². The van der Waals surface area contributed by atoms with Crippen molar-refractivity contribution in [2.75, 3.05) is 11.1 Å². The fourth-order valence-corrected chi connectivity index (χ4v) is 1.78. The lowest BCUT2D eigenvalue weighted by Gasteiger charge is -2.08. The van der Waals surface area contributed by atoms with Gasteiger partial charge in [-0.2, -0.15) is 0 Å². The fourth-order valence-electron chi connectivity index (χ4n) is 1.78. The summed E-state index contributed by atoms with van der Waals surface area (Å²) >= 11 is 0. The van der Waals surface area contributed by atoms with Crippen LogP contribution in [-0.4, -0.2) is 17.9 Å². The van der Waals surface area contributed by atoms with Crippen LogP contribution in [0.2, 0.25) is 0 Å². The molecule has 0 saturated heterocycles. The molecular formula is C16H15N3O4. The lowest BCUT2D eigenvalue weighted by atomic mass is 10.2. The van der Waals surface area contributed by atoms with Crippen molar-refractivity contribution < 1.29 is 19.1 Å². The third-order valence-corrected chi connectivity index (χ3v) is 2.75. The van der Waals surface area contributed by atoms with E-state index in [-0.39, 0.29) is 0 Å². The molecule has 0 aliphatic carbocycles. The summed E-state index contributed by atoms with van der Waals surface area (Å²) in [6.07, 6.45) is 0. The Kier molecular flexibility index (Phi) is 4.93. The van der Waals surface area contributed by atoms with Crippen molar-refractivity contribution in [3.63, 3.8) is 0 Å². The van der Waals surface area contributed by atoms with E-state index in [1.54, 1.807) is 30.3 Å². The molecule has 0 aliphatic heterocycles. The number of hydrogen-bond donors (Lipinski definition) is 3. The maximum atomic E-state index is 11.9. The number of nitrogen functional groups attached to an aromatic ring is 1. The molecule has 2 rings (SSSR count).